The normalized spacial score (nSPS) is 35.0. The van der Waals surface area contributed by atoms with Crippen molar-refractivity contribution in [2.24, 2.45) is 23.2 Å². The third-order valence-corrected chi connectivity index (χ3v) is 11.5. The highest BCUT2D eigenvalue weighted by Crippen LogP contribution is 2.73. The predicted octanol–water partition coefficient (Wildman–Crippen LogP) is 5.23. The number of hydrogen-bond acceptors (Lipinski definition) is 6. The molecule has 0 aromatic heterocycles. The molecule has 1 spiro atoms. The van der Waals surface area contributed by atoms with Crippen LogP contribution in [0.5, 0.6) is 0 Å². The summed E-state index contributed by atoms with van der Waals surface area (Å²) < 4.78 is 47.2. The minimum absolute atomic E-state index is 0.0444. The molecular formula is C30H43NO6S. The van der Waals surface area contributed by atoms with Gasteiger partial charge in [-0.25, -0.2) is 8.42 Å². The van der Waals surface area contributed by atoms with Crippen molar-refractivity contribution in [2.45, 2.75) is 81.6 Å². The number of nitrogens with zero attached hydrogens (tertiary/aromatic N) is 1. The highest BCUT2D eigenvalue weighted by atomic mass is 32.2. The molecule has 0 radical (unpaired) electrons. The maximum atomic E-state index is 13.8. The van der Waals surface area contributed by atoms with Gasteiger partial charge in [-0.05, 0) is 44.4 Å². The molecule has 1 aromatic rings. The summed E-state index contributed by atoms with van der Waals surface area (Å²) >= 11 is 0. The second kappa shape index (κ2) is 10.9. The second-order valence-corrected chi connectivity index (χ2v) is 13.7. The van der Waals surface area contributed by atoms with E-state index in [0.717, 1.165) is 49.8 Å². The number of fused-ring (bicyclic) bond motifs is 12. The molecule has 0 amide bonds. The molecular weight excluding hydrogens is 502 g/mol. The molecule has 2 aliphatic carbocycles. The lowest BCUT2D eigenvalue weighted by Gasteiger charge is -2.41. The molecule has 0 N–H and O–H groups in total. The van der Waals surface area contributed by atoms with Gasteiger partial charge in [-0.3, -0.25) is 4.79 Å². The summed E-state index contributed by atoms with van der Waals surface area (Å²) in [4.78, 5) is 13.3. The molecule has 1 aromatic carbocycles. The number of benzene rings is 1. The van der Waals surface area contributed by atoms with Gasteiger partial charge >= 0.3 is 5.97 Å². The fraction of sp³-hybridized carbons (Fsp3) is 0.700. The quantitative estimate of drug-likeness (QED) is 0.482. The largest absolute Gasteiger partial charge is 0.501 e. The zero-order valence-corrected chi connectivity index (χ0v) is 23.9. The van der Waals surface area contributed by atoms with Crippen LogP contribution in [0.4, 0.5) is 0 Å². The van der Waals surface area contributed by atoms with E-state index in [1.54, 1.807) is 30.7 Å². The van der Waals surface area contributed by atoms with Crippen molar-refractivity contribution in [2.75, 3.05) is 33.9 Å². The lowest BCUT2D eigenvalue weighted by atomic mass is 9.69. The van der Waals surface area contributed by atoms with Crippen LogP contribution in [-0.4, -0.2) is 58.2 Å². The summed E-state index contributed by atoms with van der Waals surface area (Å²) in [6.45, 7) is 3.14. The highest BCUT2D eigenvalue weighted by molar-refractivity contribution is 7.89. The van der Waals surface area contributed by atoms with Gasteiger partial charge in [0.15, 0.2) is 0 Å². The number of rotatable bonds is 4. The number of ether oxygens (including phenoxy) is 3. The van der Waals surface area contributed by atoms with Crippen molar-refractivity contribution in [3.63, 3.8) is 0 Å². The molecule has 1 saturated carbocycles. The smallest absolute Gasteiger partial charge is 0.312 e. The van der Waals surface area contributed by atoms with E-state index in [2.05, 4.69) is 6.08 Å². The zero-order chi connectivity index (χ0) is 27.0. The Kier molecular flexibility index (Phi) is 7.96. The van der Waals surface area contributed by atoms with E-state index < -0.39 is 15.6 Å². The van der Waals surface area contributed by atoms with Crippen LogP contribution >= 0.6 is 0 Å². The molecule has 6 rings (SSSR count). The first kappa shape index (κ1) is 27.7. The molecule has 3 fully saturated rings. The number of hydrogen-bond donors (Lipinski definition) is 0. The molecule has 5 atom stereocenters. The third kappa shape index (κ3) is 4.71. The monoisotopic (exact) mass is 545 g/mol. The van der Waals surface area contributed by atoms with Crippen molar-refractivity contribution in [3.05, 3.63) is 41.7 Å². The number of sulfonamides is 1. The van der Waals surface area contributed by atoms with E-state index in [0.29, 0.717) is 31.0 Å². The molecule has 3 heterocycles. The molecule has 210 valence electrons. The predicted molar refractivity (Wildman–Crippen MR) is 145 cm³/mol. The standard InChI is InChI=1S/C30H43NO6S/c1-22-12-14-23(15-13-22)38(33,34)31-18-11-9-7-5-4-6-8-10-17-29-20-25(35-2)24(16-19-31)30(36-3)26(27(29)30)28(32)37-21-29/h12-15,20,24,26-27H,4-11,16-19,21H2,1-3H3/t24-,26?,27-,29+,30+/m1/s1. The topological polar surface area (TPSA) is 82.1 Å². The van der Waals surface area contributed by atoms with Gasteiger partial charge in [0.2, 0.25) is 10.0 Å². The third-order valence-electron chi connectivity index (χ3n) is 9.59. The summed E-state index contributed by atoms with van der Waals surface area (Å²) in [5, 5.41) is 0. The first-order chi connectivity index (χ1) is 18.3. The minimum atomic E-state index is -3.67. The molecule has 7 nitrogen and oxygen atoms in total. The molecule has 1 unspecified atom stereocenters. The summed E-state index contributed by atoms with van der Waals surface area (Å²) in [5.74, 6) is 0.111. The Morgan fingerprint density at radius 1 is 0.947 bits per heavy atom. The van der Waals surface area contributed by atoms with Crippen LogP contribution in [-0.2, 0) is 29.0 Å². The van der Waals surface area contributed by atoms with Gasteiger partial charge in [0.05, 0.1) is 29.3 Å². The Morgan fingerprint density at radius 3 is 2.26 bits per heavy atom. The maximum Gasteiger partial charge on any atom is 0.312 e. The Morgan fingerprint density at radius 2 is 1.61 bits per heavy atom. The van der Waals surface area contributed by atoms with Crippen molar-refractivity contribution in [3.8, 4) is 0 Å². The minimum Gasteiger partial charge on any atom is -0.501 e. The summed E-state index contributed by atoms with van der Waals surface area (Å²) in [6, 6.07) is 7.09. The SMILES string of the molecule is COC1=C[C@@]23CCCCCCCCCCN(S(=O)(=O)c4ccc(C)cc4)CC[C@H]1[C@]1(OC)C(C(=O)OC2)[C@H]31. The number of aryl methyl sites for hydroxylation is 1. The van der Waals surface area contributed by atoms with E-state index in [1.807, 2.05) is 19.1 Å². The van der Waals surface area contributed by atoms with Gasteiger partial charge in [-0.1, -0.05) is 62.6 Å². The lowest BCUT2D eigenvalue weighted by molar-refractivity contribution is -0.154. The van der Waals surface area contributed by atoms with Gasteiger partial charge in [0.25, 0.3) is 0 Å². The van der Waals surface area contributed by atoms with E-state index in [9.17, 15) is 13.2 Å². The Labute approximate surface area is 227 Å². The van der Waals surface area contributed by atoms with Crippen LogP contribution < -0.4 is 0 Å². The summed E-state index contributed by atoms with van der Waals surface area (Å²) in [6.07, 6.45) is 12.5. The fourth-order valence-electron chi connectivity index (χ4n) is 7.59. The van der Waals surface area contributed by atoms with Gasteiger partial charge in [-0.15, -0.1) is 0 Å². The van der Waals surface area contributed by atoms with Crippen molar-refractivity contribution < 1.29 is 27.4 Å². The number of cyclic esters (lactones) is 1. The number of carbonyl (C=O) groups excluding carboxylic acids is 1. The Bertz CT molecular complexity index is 1150. The average Bonchev–Trinajstić information content (AvgIpc) is 3.62. The van der Waals surface area contributed by atoms with Gasteiger partial charge in [0.1, 0.15) is 6.61 Å². The molecule has 2 bridgehead atoms. The lowest BCUT2D eigenvalue weighted by Crippen LogP contribution is -2.43. The molecule has 5 aliphatic rings. The van der Waals surface area contributed by atoms with Crippen molar-refractivity contribution in [1.82, 2.24) is 4.31 Å². The van der Waals surface area contributed by atoms with Crippen LogP contribution in [0.25, 0.3) is 0 Å². The fourth-order valence-corrected chi connectivity index (χ4v) is 9.09. The van der Waals surface area contributed by atoms with Crippen LogP contribution in [0.1, 0.15) is 69.8 Å². The van der Waals surface area contributed by atoms with Crippen molar-refractivity contribution >= 4 is 16.0 Å². The molecule has 3 aliphatic heterocycles. The van der Waals surface area contributed by atoms with Crippen molar-refractivity contribution in [1.29, 1.82) is 0 Å². The zero-order valence-electron chi connectivity index (χ0n) is 23.1. The van der Waals surface area contributed by atoms with E-state index in [1.165, 1.54) is 19.3 Å². The molecule has 8 heteroatoms. The Balaban J connectivity index is 1.49. The van der Waals surface area contributed by atoms with Crippen LogP contribution in [0.3, 0.4) is 0 Å². The average molecular weight is 546 g/mol. The maximum absolute atomic E-state index is 13.8. The number of methoxy groups -OCH3 is 2. The van der Waals surface area contributed by atoms with Crippen LogP contribution in [0, 0.1) is 30.1 Å². The molecule has 38 heavy (non-hydrogen) atoms. The van der Waals surface area contributed by atoms with Gasteiger partial charge in [0, 0.05) is 37.5 Å². The van der Waals surface area contributed by atoms with E-state index in [-0.39, 0.29) is 29.1 Å². The van der Waals surface area contributed by atoms with Gasteiger partial charge < -0.3 is 14.2 Å². The highest BCUT2D eigenvalue weighted by Gasteiger charge is 2.82. The number of esters is 1. The second-order valence-electron chi connectivity index (χ2n) is 11.7. The molecule has 2 saturated heterocycles. The van der Waals surface area contributed by atoms with Gasteiger partial charge in [-0.2, -0.15) is 4.31 Å². The summed E-state index contributed by atoms with van der Waals surface area (Å²) in [5.41, 5.74) is 0.0394. The van der Waals surface area contributed by atoms with Crippen LogP contribution in [0.15, 0.2) is 41.0 Å². The van der Waals surface area contributed by atoms with E-state index >= 15 is 0 Å². The van der Waals surface area contributed by atoms with Crippen LogP contribution in [0.2, 0.25) is 0 Å². The first-order valence-electron chi connectivity index (χ1n) is 14.4. The Hall–Kier alpha value is -1.90. The summed E-state index contributed by atoms with van der Waals surface area (Å²) in [7, 11) is -0.304. The first-order valence-corrected chi connectivity index (χ1v) is 15.8. The van der Waals surface area contributed by atoms with E-state index in [4.69, 9.17) is 14.2 Å². The number of carbonyl (C=O) groups is 1.